The fraction of sp³-hybridized carbons (Fsp3) is 0.0526. The average Bonchev–Trinajstić information content (AvgIpc) is 2.66. The molecule has 1 heterocycles. The third-order valence-corrected chi connectivity index (χ3v) is 4.21. The van der Waals surface area contributed by atoms with Crippen LogP contribution in [-0.4, -0.2) is 18.0 Å². The SMILES string of the molecule is COc1ccc(NC(=O)c2cncc(Nc3c(Cl)cccc3Cl)c2)cc1. The Labute approximate surface area is 160 Å². The summed E-state index contributed by atoms with van der Waals surface area (Å²) < 4.78 is 5.10. The summed E-state index contributed by atoms with van der Waals surface area (Å²) in [4.78, 5) is 16.5. The molecule has 0 aliphatic rings. The van der Waals surface area contributed by atoms with E-state index < -0.39 is 0 Å². The van der Waals surface area contributed by atoms with Crippen LogP contribution in [0.1, 0.15) is 10.4 Å². The van der Waals surface area contributed by atoms with Crippen LogP contribution in [0.4, 0.5) is 17.1 Å². The predicted molar refractivity (Wildman–Crippen MR) is 105 cm³/mol. The molecule has 0 saturated carbocycles. The molecule has 0 aliphatic heterocycles. The highest BCUT2D eigenvalue weighted by atomic mass is 35.5. The van der Waals surface area contributed by atoms with E-state index >= 15 is 0 Å². The number of carbonyl (C=O) groups is 1. The van der Waals surface area contributed by atoms with Crippen molar-refractivity contribution in [3.63, 3.8) is 0 Å². The van der Waals surface area contributed by atoms with Gasteiger partial charge in [0.2, 0.25) is 0 Å². The number of nitrogens with one attached hydrogen (secondary N) is 2. The lowest BCUT2D eigenvalue weighted by Crippen LogP contribution is -2.12. The number of pyridine rings is 1. The van der Waals surface area contributed by atoms with E-state index in [-0.39, 0.29) is 5.91 Å². The summed E-state index contributed by atoms with van der Waals surface area (Å²) in [6.45, 7) is 0. The largest absolute Gasteiger partial charge is 0.497 e. The Balaban J connectivity index is 1.76. The van der Waals surface area contributed by atoms with E-state index in [1.165, 1.54) is 6.20 Å². The van der Waals surface area contributed by atoms with Gasteiger partial charge >= 0.3 is 0 Å². The Kier molecular flexibility index (Phi) is 5.61. The lowest BCUT2D eigenvalue weighted by Gasteiger charge is -2.11. The lowest BCUT2D eigenvalue weighted by molar-refractivity contribution is 0.102. The van der Waals surface area contributed by atoms with Crippen molar-refractivity contribution < 1.29 is 9.53 Å². The Morgan fingerprint density at radius 1 is 1.00 bits per heavy atom. The van der Waals surface area contributed by atoms with Crippen LogP contribution in [0, 0.1) is 0 Å². The molecule has 2 aromatic carbocycles. The van der Waals surface area contributed by atoms with E-state index in [2.05, 4.69) is 15.6 Å². The van der Waals surface area contributed by atoms with Crippen LogP contribution in [0.15, 0.2) is 60.9 Å². The minimum absolute atomic E-state index is 0.281. The van der Waals surface area contributed by atoms with Gasteiger partial charge in [-0.3, -0.25) is 9.78 Å². The maximum Gasteiger partial charge on any atom is 0.257 e. The van der Waals surface area contributed by atoms with Gasteiger partial charge in [0.15, 0.2) is 0 Å². The van der Waals surface area contributed by atoms with Crippen molar-refractivity contribution in [2.24, 2.45) is 0 Å². The van der Waals surface area contributed by atoms with Gasteiger partial charge in [-0.25, -0.2) is 0 Å². The molecule has 0 saturated heterocycles. The third kappa shape index (κ3) is 4.25. The number of para-hydroxylation sites is 1. The maximum absolute atomic E-state index is 12.4. The molecule has 1 aromatic heterocycles. The summed E-state index contributed by atoms with van der Waals surface area (Å²) in [5, 5.41) is 6.86. The minimum Gasteiger partial charge on any atom is -0.497 e. The molecule has 3 rings (SSSR count). The van der Waals surface area contributed by atoms with Gasteiger partial charge in [-0.2, -0.15) is 0 Å². The first-order valence-electron chi connectivity index (χ1n) is 7.68. The zero-order valence-electron chi connectivity index (χ0n) is 13.8. The summed E-state index contributed by atoms with van der Waals surface area (Å²) in [6.07, 6.45) is 3.07. The molecule has 1 amide bonds. The first-order valence-corrected chi connectivity index (χ1v) is 8.44. The van der Waals surface area contributed by atoms with Crippen molar-refractivity contribution in [1.82, 2.24) is 4.98 Å². The number of anilines is 3. The number of methoxy groups -OCH3 is 1. The Hall–Kier alpha value is -2.76. The van der Waals surface area contributed by atoms with Crippen LogP contribution in [0.25, 0.3) is 0 Å². The molecular formula is C19H15Cl2N3O2. The number of hydrogen-bond donors (Lipinski definition) is 2. The van der Waals surface area contributed by atoms with E-state index in [9.17, 15) is 4.79 Å². The predicted octanol–water partition coefficient (Wildman–Crippen LogP) is 5.39. The molecular weight excluding hydrogens is 373 g/mol. The van der Waals surface area contributed by atoms with Crippen molar-refractivity contribution in [3.8, 4) is 5.75 Å². The number of benzene rings is 2. The second-order valence-electron chi connectivity index (χ2n) is 5.37. The number of ether oxygens (including phenoxy) is 1. The molecule has 0 fully saturated rings. The monoisotopic (exact) mass is 387 g/mol. The Morgan fingerprint density at radius 2 is 1.69 bits per heavy atom. The highest BCUT2D eigenvalue weighted by Gasteiger charge is 2.10. The van der Waals surface area contributed by atoms with E-state index in [0.29, 0.717) is 38.4 Å². The van der Waals surface area contributed by atoms with Gasteiger partial charge in [0.25, 0.3) is 5.91 Å². The molecule has 26 heavy (non-hydrogen) atoms. The van der Waals surface area contributed by atoms with Gasteiger partial charge in [-0.1, -0.05) is 29.3 Å². The van der Waals surface area contributed by atoms with Crippen LogP contribution in [0.3, 0.4) is 0 Å². The molecule has 7 heteroatoms. The summed E-state index contributed by atoms with van der Waals surface area (Å²) in [5.41, 5.74) is 2.21. The first kappa shape index (κ1) is 18.0. The van der Waals surface area contributed by atoms with Crippen LogP contribution in [0.2, 0.25) is 10.0 Å². The smallest absolute Gasteiger partial charge is 0.257 e. The fourth-order valence-electron chi connectivity index (χ4n) is 2.27. The number of aromatic nitrogens is 1. The molecule has 0 spiro atoms. The van der Waals surface area contributed by atoms with E-state index in [4.69, 9.17) is 27.9 Å². The molecule has 0 radical (unpaired) electrons. The second-order valence-corrected chi connectivity index (χ2v) is 6.18. The quantitative estimate of drug-likeness (QED) is 0.615. The summed E-state index contributed by atoms with van der Waals surface area (Å²) in [5.74, 6) is 0.434. The number of rotatable bonds is 5. The second kappa shape index (κ2) is 8.08. The van der Waals surface area contributed by atoms with E-state index in [1.54, 1.807) is 61.8 Å². The number of halogens is 2. The topological polar surface area (TPSA) is 63.2 Å². The summed E-state index contributed by atoms with van der Waals surface area (Å²) in [6, 6.07) is 13.9. The van der Waals surface area contributed by atoms with Crippen molar-refractivity contribution in [2.75, 3.05) is 17.7 Å². The normalized spacial score (nSPS) is 10.3. The van der Waals surface area contributed by atoms with Gasteiger partial charge in [-0.05, 0) is 42.5 Å². The molecule has 3 aromatic rings. The van der Waals surface area contributed by atoms with E-state index in [1.807, 2.05) is 0 Å². The van der Waals surface area contributed by atoms with Crippen molar-refractivity contribution >= 4 is 46.2 Å². The maximum atomic E-state index is 12.4. The van der Waals surface area contributed by atoms with Gasteiger partial charge in [0.05, 0.1) is 40.3 Å². The lowest BCUT2D eigenvalue weighted by atomic mass is 10.2. The van der Waals surface area contributed by atoms with Gasteiger partial charge in [0, 0.05) is 11.9 Å². The summed E-state index contributed by atoms with van der Waals surface area (Å²) in [7, 11) is 1.59. The van der Waals surface area contributed by atoms with Crippen LogP contribution < -0.4 is 15.4 Å². The minimum atomic E-state index is -0.281. The molecule has 5 nitrogen and oxygen atoms in total. The molecule has 2 N–H and O–H groups in total. The first-order chi connectivity index (χ1) is 12.6. The molecule has 0 unspecified atom stereocenters. The summed E-state index contributed by atoms with van der Waals surface area (Å²) >= 11 is 12.3. The molecule has 132 valence electrons. The molecule has 0 bridgehead atoms. The Bertz CT molecular complexity index is 910. The van der Waals surface area contributed by atoms with Gasteiger partial charge in [0.1, 0.15) is 5.75 Å². The van der Waals surface area contributed by atoms with Crippen molar-refractivity contribution in [1.29, 1.82) is 0 Å². The van der Waals surface area contributed by atoms with Crippen molar-refractivity contribution in [3.05, 3.63) is 76.5 Å². The number of amides is 1. The van der Waals surface area contributed by atoms with Crippen LogP contribution in [0.5, 0.6) is 5.75 Å². The Morgan fingerprint density at radius 3 is 2.35 bits per heavy atom. The van der Waals surface area contributed by atoms with Crippen LogP contribution >= 0.6 is 23.2 Å². The average molecular weight is 388 g/mol. The zero-order valence-corrected chi connectivity index (χ0v) is 15.3. The number of hydrogen-bond acceptors (Lipinski definition) is 4. The molecule has 0 atom stereocenters. The zero-order chi connectivity index (χ0) is 18.5. The molecule has 0 aliphatic carbocycles. The standard InChI is InChI=1S/C19H15Cl2N3O2/c1-26-15-7-5-13(6-8-15)24-19(25)12-9-14(11-22-10-12)23-18-16(20)3-2-4-17(18)21/h2-11,23H,1H3,(H,24,25). The number of nitrogens with zero attached hydrogens (tertiary/aromatic N) is 1. The van der Waals surface area contributed by atoms with Crippen LogP contribution in [-0.2, 0) is 0 Å². The fourth-order valence-corrected chi connectivity index (χ4v) is 2.76. The number of carbonyl (C=O) groups excluding carboxylic acids is 1. The van der Waals surface area contributed by atoms with Crippen molar-refractivity contribution in [2.45, 2.75) is 0 Å². The van der Waals surface area contributed by atoms with Gasteiger partial charge in [-0.15, -0.1) is 0 Å². The highest BCUT2D eigenvalue weighted by molar-refractivity contribution is 6.39. The highest BCUT2D eigenvalue weighted by Crippen LogP contribution is 2.32. The third-order valence-electron chi connectivity index (χ3n) is 3.58. The van der Waals surface area contributed by atoms with Gasteiger partial charge < -0.3 is 15.4 Å². The van der Waals surface area contributed by atoms with E-state index in [0.717, 1.165) is 0 Å².